The maximum atomic E-state index is 12.3. The molecule has 0 radical (unpaired) electrons. The Morgan fingerprint density at radius 2 is 2.04 bits per heavy atom. The lowest BCUT2D eigenvalue weighted by Crippen LogP contribution is -2.31. The van der Waals surface area contributed by atoms with Gasteiger partial charge in [0.1, 0.15) is 11.6 Å². The maximum Gasteiger partial charge on any atom is 0.319 e. The van der Waals surface area contributed by atoms with E-state index in [2.05, 4.69) is 30.5 Å². The van der Waals surface area contributed by atoms with E-state index >= 15 is 0 Å². The predicted octanol–water partition coefficient (Wildman–Crippen LogP) is 2.55. The van der Waals surface area contributed by atoms with Gasteiger partial charge in [0.2, 0.25) is 0 Å². The van der Waals surface area contributed by atoms with E-state index < -0.39 is 0 Å². The van der Waals surface area contributed by atoms with Crippen molar-refractivity contribution in [2.75, 3.05) is 11.9 Å². The second-order valence-corrected chi connectivity index (χ2v) is 6.59. The Labute approximate surface area is 157 Å². The van der Waals surface area contributed by atoms with Gasteiger partial charge in [-0.1, -0.05) is 18.6 Å². The van der Waals surface area contributed by atoms with Crippen LogP contribution in [0.5, 0.6) is 0 Å². The minimum absolute atomic E-state index is 0.245. The number of fused-ring (bicyclic) bond motifs is 1. The summed E-state index contributed by atoms with van der Waals surface area (Å²) in [4.78, 5) is 12.3. The number of benzene rings is 1. The average molecular weight is 365 g/mol. The fourth-order valence-electron chi connectivity index (χ4n) is 3.37. The number of rotatable bonds is 5. The van der Waals surface area contributed by atoms with E-state index in [9.17, 15) is 4.79 Å². The molecule has 8 heteroatoms. The molecule has 2 N–H and O–H groups in total. The van der Waals surface area contributed by atoms with Gasteiger partial charge in [0.25, 0.3) is 0 Å². The van der Waals surface area contributed by atoms with Gasteiger partial charge in [-0.15, -0.1) is 10.2 Å². The van der Waals surface area contributed by atoms with E-state index in [1.807, 2.05) is 36.5 Å². The second-order valence-electron chi connectivity index (χ2n) is 6.59. The molecule has 0 saturated carbocycles. The summed E-state index contributed by atoms with van der Waals surface area (Å²) < 4.78 is 3.93. The van der Waals surface area contributed by atoms with Crippen molar-refractivity contribution in [1.82, 2.24) is 29.9 Å². The van der Waals surface area contributed by atoms with Crippen molar-refractivity contribution in [2.24, 2.45) is 0 Å². The Hall–Kier alpha value is -3.16. The molecule has 0 bridgehead atoms. The van der Waals surface area contributed by atoms with Crippen LogP contribution in [0.3, 0.4) is 0 Å². The minimum Gasteiger partial charge on any atom is -0.337 e. The van der Waals surface area contributed by atoms with E-state index in [0.717, 1.165) is 36.7 Å². The number of carbonyl (C=O) groups is 1. The summed E-state index contributed by atoms with van der Waals surface area (Å²) in [6, 6.07) is 9.16. The first-order valence-electron chi connectivity index (χ1n) is 9.36. The Morgan fingerprint density at radius 3 is 2.93 bits per heavy atom. The van der Waals surface area contributed by atoms with Crippen LogP contribution in [-0.2, 0) is 19.4 Å². The Morgan fingerprint density at radius 1 is 1.11 bits per heavy atom. The highest BCUT2D eigenvalue weighted by molar-refractivity contribution is 5.91. The van der Waals surface area contributed by atoms with Crippen LogP contribution >= 0.6 is 0 Å². The van der Waals surface area contributed by atoms with Gasteiger partial charge in [0.05, 0.1) is 11.4 Å². The first-order chi connectivity index (χ1) is 13.3. The first kappa shape index (κ1) is 17.3. The van der Waals surface area contributed by atoms with E-state index in [1.165, 1.54) is 12.8 Å². The average Bonchev–Trinajstić information content (AvgIpc) is 3.28. The zero-order valence-electron chi connectivity index (χ0n) is 15.1. The highest BCUT2D eigenvalue weighted by atomic mass is 16.2. The molecule has 3 aromatic rings. The smallest absolute Gasteiger partial charge is 0.319 e. The summed E-state index contributed by atoms with van der Waals surface area (Å²) in [7, 11) is 0. The third-order valence-corrected chi connectivity index (χ3v) is 4.72. The molecule has 0 saturated heterocycles. The standard InChI is InChI=1S/C19H23N7O/c27-19(22-15-7-3-4-8-16(15)26-14-6-11-21-26)20-12-10-18-24-23-17-9-2-1-5-13-25(17)18/h3-4,6-8,11,14H,1-2,5,9-10,12-13H2,(H2,20,22,27). The lowest BCUT2D eigenvalue weighted by Gasteiger charge is -2.12. The molecule has 1 aliphatic heterocycles. The number of hydrogen-bond acceptors (Lipinski definition) is 4. The number of nitrogens with one attached hydrogen (secondary N) is 2. The molecule has 2 aromatic heterocycles. The number of aromatic nitrogens is 5. The molecule has 0 spiro atoms. The molecule has 3 heterocycles. The Bertz CT molecular complexity index is 901. The van der Waals surface area contributed by atoms with E-state index in [1.54, 1.807) is 10.9 Å². The molecule has 8 nitrogen and oxygen atoms in total. The normalized spacial score (nSPS) is 13.6. The van der Waals surface area contributed by atoms with Crippen LogP contribution in [0.2, 0.25) is 0 Å². The van der Waals surface area contributed by atoms with E-state index in [4.69, 9.17) is 0 Å². The minimum atomic E-state index is -0.245. The molecule has 27 heavy (non-hydrogen) atoms. The van der Waals surface area contributed by atoms with Crippen LogP contribution in [0.15, 0.2) is 42.7 Å². The third-order valence-electron chi connectivity index (χ3n) is 4.72. The number of hydrogen-bond donors (Lipinski definition) is 2. The van der Waals surface area contributed by atoms with Gasteiger partial charge in [-0.25, -0.2) is 9.48 Å². The number of nitrogens with zero attached hydrogens (tertiary/aromatic N) is 5. The molecule has 0 aliphatic carbocycles. The topological polar surface area (TPSA) is 89.7 Å². The lowest BCUT2D eigenvalue weighted by atomic mass is 10.2. The van der Waals surface area contributed by atoms with Crippen molar-refractivity contribution >= 4 is 11.7 Å². The zero-order valence-corrected chi connectivity index (χ0v) is 15.1. The quantitative estimate of drug-likeness (QED) is 0.727. The molecule has 140 valence electrons. The monoisotopic (exact) mass is 365 g/mol. The van der Waals surface area contributed by atoms with Crippen LogP contribution < -0.4 is 10.6 Å². The summed E-state index contributed by atoms with van der Waals surface area (Å²) in [6.07, 6.45) is 8.78. The zero-order chi connectivity index (χ0) is 18.5. The van der Waals surface area contributed by atoms with Crippen LogP contribution in [0.1, 0.15) is 30.9 Å². The number of aryl methyl sites for hydroxylation is 1. The SMILES string of the molecule is O=C(NCCc1nnc2n1CCCCC2)Nc1ccccc1-n1cccn1. The lowest BCUT2D eigenvalue weighted by molar-refractivity contribution is 0.252. The largest absolute Gasteiger partial charge is 0.337 e. The maximum absolute atomic E-state index is 12.3. The number of carbonyl (C=O) groups excluding carboxylic acids is 1. The Balaban J connectivity index is 1.34. The first-order valence-corrected chi connectivity index (χ1v) is 9.36. The van der Waals surface area contributed by atoms with Crippen LogP contribution in [0.25, 0.3) is 5.69 Å². The number of anilines is 1. The van der Waals surface area contributed by atoms with Crippen molar-refractivity contribution in [1.29, 1.82) is 0 Å². The van der Waals surface area contributed by atoms with Gasteiger partial charge in [-0.05, 0) is 31.0 Å². The van der Waals surface area contributed by atoms with Gasteiger partial charge < -0.3 is 15.2 Å². The van der Waals surface area contributed by atoms with Gasteiger partial charge in [-0.3, -0.25) is 0 Å². The molecular weight excluding hydrogens is 342 g/mol. The molecule has 1 aliphatic rings. The van der Waals surface area contributed by atoms with Gasteiger partial charge >= 0.3 is 6.03 Å². The summed E-state index contributed by atoms with van der Waals surface area (Å²) >= 11 is 0. The van der Waals surface area contributed by atoms with Gasteiger partial charge in [0, 0.05) is 38.3 Å². The molecule has 1 aromatic carbocycles. The van der Waals surface area contributed by atoms with Crippen LogP contribution in [-0.4, -0.2) is 37.1 Å². The summed E-state index contributed by atoms with van der Waals surface area (Å²) in [5, 5.41) is 18.6. The van der Waals surface area contributed by atoms with Crippen LogP contribution in [0, 0.1) is 0 Å². The Kier molecular flexibility index (Phi) is 5.13. The molecule has 2 amide bonds. The van der Waals surface area contributed by atoms with Gasteiger partial charge in [0.15, 0.2) is 0 Å². The van der Waals surface area contributed by atoms with Crippen molar-refractivity contribution in [3.05, 3.63) is 54.4 Å². The molecule has 0 fully saturated rings. The molecule has 0 atom stereocenters. The van der Waals surface area contributed by atoms with Crippen molar-refractivity contribution in [3.63, 3.8) is 0 Å². The second kappa shape index (κ2) is 8.03. The van der Waals surface area contributed by atoms with E-state index in [-0.39, 0.29) is 6.03 Å². The molecule has 4 rings (SSSR count). The third kappa shape index (κ3) is 3.99. The molecule has 0 unspecified atom stereocenters. The highest BCUT2D eigenvalue weighted by Gasteiger charge is 2.14. The number of para-hydroxylation sites is 2. The predicted molar refractivity (Wildman–Crippen MR) is 102 cm³/mol. The van der Waals surface area contributed by atoms with E-state index in [0.29, 0.717) is 18.7 Å². The van der Waals surface area contributed by atoms with Crippen molar-refractivity contribution in [3.8, 4) is 5.69 Å². The number of urea groups is 1. The number of amides is 2. The fourth-order valence-corrected chi connectivity index (χ4v) is 3.37. The van der Waals surface area contributed by atoms with Gasteiger partial charge in [-0.2, -0.15) is 5.10 Å². The fraction of sp³-hybridized carbons (Fsp3) is 0.368. The molecular formula is C19H23N7O. The summed E-state index contributed by atoms with van der Waals surface area (Å²) in [6.45, 7) is 1.48. The highest BCUT2D eigenvalue weighted by Crippen LogP contribution is 2.19. The van der Waals surface area contributed by atoms with Crippen molar-refractivity contribution < 1.29 is 4.79 Å². The summed E-state index contributed by atoms with van der Waals surface area (Å²) in [5.74, 6) is 2.02. The van der Waals surface area contributed by atoms with Crippen LogP contribution in [0.4, 0.5) is 10.5 Å². The summed E-state index contributed by atoms with van der Waals surface area (Å²) in [5.41, 5.74) is 1.52. The van der Waals surface area contributed by atoms with Crippen molar-refractivity contribution in [2.45, 2.75) is 38.6 Å².